The molecule has 0 radical (unpaired) electrons. The Morgan fingerprint density at radius 1 is 1.05 bits per heavy atom. The van der Waals surface area contributed by atoms with Crippen LogP contribution in [0, 0.1) is 6.92 Å². The van der Waals surface area contributed by atoms with E-state index in [9.17, 15) is 19.8 Å². The Labute approximate surface area is 121 Å². The smallest absolute Gasteiger partial charge is 0.339 e. The number of carboxylic acid groups (broad SMARTS) is 2. The van der Waals surface area contributed by atoms with Crippen LogP contribution in [0.15, 0.2) is 36.4 Å². The van der Waals surface area contributed by atoms with Crippen molar-refractivity contribution in [2.45, 2.75) is 6.92 Å². The summed E-state index contributed by atoms with van der Waals surface area (Å²) in [7, 11) is 1.37. The van der Waals surface area contributed by atoms with E-state index in [1.807, 2.05) is 6.07 Å². The molecule has 2 aromatic carbocycles. The molecule has 2 aromatic rings. The van der Waals surface area contributed by atoms with Gasteiger partial charge in [-0.05, 0) is 24.1 Å². The van der Waals surface area contributed by atoms with E-state index >= 15 is 0 Å². The van der Waals surface area contributed by atoms with Gasteiger partial charge in [-0.3, -0.25) is 0 Å². The minimum absolute atomic E-state index is 0.0490. The third kappa shape index (κ3) is 2.58. The van der Waals surface area contributed by atoms with E-state index in [0.29, 0.717) is 11.1 Å². The molecule has 0 aliphatic heterocycles. The van der Waals surface area contributed by atoms with Crippen molar-refractivity contribution in [3.8, 4) is 16.9 Å². The van der Waals surface area contributed by atoms with Crippen LogP contribution in [0.1, 0.15) is 26.3 Å². The van der Waals surface area contributed by atoms with Gasteiger partial charge in [0.1, 0.15) is 11.3 Å². The first-order valence-corrected chi connectivity index (χ1v) is 6.21. The van der Waals surface area contributed by atoms with Gasteiger partial charge in [0.2, 0.25) is 0 Å². The lowest BCUT2D eigenvalue weighted by Gasteiger charge is -2.16. The molecule has 0 unspecified atom stereocenters. The molecule has 0 spiro atoms. The van der Waals surface area contributed by atoms with E-state index in [4.69, 9.17) is 4.74 Å². The molecule has 0 amide bonds. The maximum absolute atomic E-state index is 11.5. The van der Waals surface area contributed by atoms with E-state index in [1.165, 1.54) is 20.1 Å². The van der Waals surface area contributed by atoms with Crippen LogP contribution in [-0.4, -0.2) is 29.3 Å². The number of carbonyl (C=O) groups is 2. The molecular weight excluding hydrogens is 272 g/mol. The Bertz CT molecular complexity index is 704. The fourth-order valence-electron chi connectivity index (χ4n) is 2.28. The highest BCUT2D eigenvalue weighted by atomic mass is 16.5. The Balaban J connectivity index is 2.87. The van der Waals surface area contributed by atoms with E-state index in [-0.39, 0.29) is 22.4 Å². The first-order valence-electron chi connectivity index (χ1n) is 6.21. The number of hydrogen-bond donors (Lipinski definition) is 2. The van der Waals surface area contributed by atoms with Crippen LogP contribution in [0.3, 0.4) is 0 Å². The highest BCUT2D eigenvalue weighted by molar-refractivity contribution is 6.02. The monoisotopic (exact) mass is 286 g/mol. The summed E-state index contributed by atoms with van der Waals surface area (Å²) in [6, 6.07) is 10.4. The summed E-state index contributed by atoms with van der Waals surface area (Å²) in [4.78, 5) is 22.8. The molecule has 0 heterocycles. The van der Waals surface area contributed by atoms with Gasteiger partial charge in [-0.1, -0.05) is 30.3 Å². The molecule has 0 saturated heterocycles. The fraction of sp³-hybridized carbons (Fsp3) is 0.125. The highest BCUT2D eigenvalue weighted by Gasteiger charge is 2.24. The Morgan fingerprint density at radius 3 is 2.14 bits per heavy atom. The number of ether oxygens (including phenoxy) is 1. The number of carboxylic acids is 2. The third-order valence-corrected chi connectivity index (χ3v) is 3.27. The van der Waals surface area contributed by atoms with E-state index in [0.717, 1.165) is 0 Å². The van der Waals surface area contributed by atoms with Crippen LogP contribution in [0.5, 0.6) is 5.75 Å². The van der Waals surface area contributed by atoms with Crippen molar-refractivity contribution in [2.24, 2.45) is 0 Å². The summed E-state index contributed by atoms with van der Waals surface area (Å²) in [5.74, 6) is -2.23. The highest BCUT2D eigenvalue weighted by Crippen LogP contribution is 2.37. The summed E-state index contributed by atoms with van der Waals surface area (Å²) in [5, 5.41) is 18.7. The van der Waals surface area contributed by atoms with Crippen LogP contribution >= 0.6 is 0 Å². The number of benzene rings is 2. The van der Waals surface area contributed by atoms with Gasteiger partial charge >= 0.3 is 11.9 Å². The first-order chi connectivity index (χ1) is 9.97. The fourth-order valence-corrected chi connectivity index (χ4v) is 2.28. The molecule has 0 aliphatic carbocycles. The van der Waals surface area contributed by atoms with Crippen LogP contribution in [0.25, 0.3) is 11.1 Å². The summed E-state index contributed by atoms with van der Waals surface area (Å²) in [6.45, 7) is 1.46. The molecule has 2 rings (SSSR count). The normalized spacial score (nSPS) is 10.2. The maximum Gasteiger partial charge on any atom is 0.339 e. The minimum atomic E-state index is -1.22. The zero-order chi connectivity index (χ0) is 15.6. The molecule has 5 nitrogen and oxygen atoms in total. The molecule has 5 heteroatoms. The lowest BCUT2D eigenvalue weighted by atomic mass is 9.93. The van der Waals surface area contributed by atoms with Gasteiger partial charge in [0.15, 0.2) is 0 Å². The first kappa shape index (κ1) is 14.6. The zero-order valence-corrected chi connectivity index (χ0v) is 11.6. The van der Waals surface area contributed by atoms with Gasteiger partial charge < -0.3 is 14.9 Å². The van der Waals surface area contributed by atoms with Crippen LogP contribution in [0.4, 0.5) is 0 Å². The van der Waals surface area contributed by atoms with Gasteiger partial charge in [0.05, 0.1) is 12.7 Å². The number of rotatable bonds is 4. The standard InChI is InChI=1S/C16H14O5/c1-9-11(15(17)18)8-12(10-6-4-3-5-7-10)14(21-2)13(9)16(19)20/h3-8H,1-2H3,(H,17,18)(H,19,20). The average Bonchev–Trinajstić information content (AvgIpc) is 2.46. The van der Waals surface area contributed by atoms with Gasteiger partial charge in [-0.25, -0.2) is 9.59 Å². The maximum atomic E-state index is 11.5. The topological polar surface area (TPSA) is 83.8 Å². The Hall–Kier alpha value is -2.82. The van der Waals surface area contributed by atoms with Crippen LogP contribution in [-0.2, 0) is 0 Å². The number of aromatic carboxylic acids is 2. The van der Waals surface area contributed by atoms with Crippen molar-refractivity contribution in [1.82, 2.24) is 0 Å². The molecule has 0 atom stereocenters. The van der Waals surface area contributed by atoms with Crippen LogP contribution < -0.4 is 4.74 Å². The second kappa shape index (κ2) is 5.66. The van der Waals surface area contributed by atoms with Crippen molar-refractivity contribution in [3.63, 3.8) is 0 Å². The third-order valence-electron chi connectivity index (χ3n) is 3.27. The molecule has 108 valence electrons. The van der Waals surface area contributed by atoms with Gasteiger partial charge in [-0.15, -0.1) is 0 Å². The van der Waals surface area contributed by atoms with Gasteiger partial charge in [0.25, 0.3) is 0 Å². The molecule has 2 N–H and O–H groups in total. The summed E-state index contributed by atoms with van der Waals surface area (Å²) >= 11 is 0. The molecule has 0 fully saturated rings. The average molecular weight is 286 g/mol. The van der Waals surface area contributed by atoms with Crippen molar-refractivity contribution in [3.05, 3.63) is 53.1 Å². The molecule has 0 saturated carbocycles. The molecule has 0 aliphatic rings. The van der Waals surface area contributed by atoms with E-state index in [2.05, 4.69) is 0 Å². The number of methoxy groups -OCH3 is 1. The minimum Gasteiger partial charge on any atom is -0.495 e. The summed E-state index contributed by atoms with van der Waals surface area (Å²) < 4.78 is 5.23. The second-order valence-electron chi connectivity index (χ2n) is 4.48. The predicted octanol–water partition coefficient (Wildman–Crippen LogP) is 3.07. The summed E-state index contributed by atoms with van der Waals surface area (Å²) in [5.41, 5.74) is 1.13. The lowest BCUT2D eigenvalue weighted by Crippen LogP contribution is -2.10. The Kier molecular flexibility index (Phi) is 3.93. The quantitative estimate of drug-likeness (QED) is 0.902. The lowest BCUT2D eigenvalue weighted by molar-refractivity contribution is 0.0692. The van der Waals surface area contributed by atoms with E-state index < -0.39 is 11.9 Å². The van der Waals surface area contributed by atoms with Gasteiger partial charge in [0, 0.05) is 5.56 Å². The van der Waals surface area contributed by atoms with Crippen molar-refractivity contribution in [1.29, 1.82) is 0 Å². The predicted molar refractivity (Wildman–Crippen MR) is 77.1 cm³/mol. The van der Waals surface area contributed by atoms with Crippen LogP contribution in [0.2, 0.25) is 0 Å². The Morgan fingerprint density at radius 2 is 1.67 bits per heavy atom. The molecular formula is C16H14O5. The van der Waals surface area contributed by atoms with E-state index in [1.54, 1.807) is 24.3 Å². The summed E-state index contributed by atoms with van der Waals surface area (Å²) in [6.07, 6.45) is 0. The molecule has 0 bridgehead atoms. The van der Waals surface area contributed by atoms with Gasteiger partial charge in [-0.2, -0.15) is 0 Å². The molecule has 0 aromatic heterocycles. The largest absolute Gasteiger partial charge is 0.495 e. The van der Waals surface area contributed by atoms with Crippen molar-refractivity contribution in [2.75, 3.05) is 7.11 Å². The molecule has 21 heavy (non-hydrogen) atoms. The number of hydrogen-bond acceptors (Lipinski definition) is 3. The van der Waals surface area contributed by atoms with Crippen molar-refractivity contribution < 1.29 is 24.5 Å². The SMILES string of the molecule is COc1c(-c2ccccc2)cc(C(=O)O)c(C)c1C(=O)O. The van der Waals surface area contributed by atoms with Crippen molar-refractivity contribution >= 4 is 11.9 Å². The second-order valence-corrected chi connectivity index (χ2v) is 4.48. The zero-order valence-electron chi connectivity index (χ0n) is 11.6.